The maximum atomic E-state index is 13.3. The fourth-order valence-corrected chi connectivity index (χ4v) is 1.76. The summed E-state index contributed by atoms with van der Waals surface area (Å²) in [4.78, 5) is 2.23. The molecule has 0 saturated carbocycles. The van der Waals surface area contributed by atoms with E-state index in [-0.39, 0.29) is 12.4 Å². The minimum Gasteiger partial charge on any atom is -0.491 e. The van der Waals surface area contributed by atoms with E-state index in [0.717, 1.165) is 19.6 Å². The van der Waals surface area contributed by atoms with Crippen molar-refractivity contribution in [2.24, 2.45) is 0 Å². The van der Waals surface area contributed by atoms with Crippen LogP contribution in [0, 0.1) is 17.7 Å². The van der Waals surface area contributed by atoms with E-state index >= 15 is 0 Å². The molecule has 0 aliphatic rings. The smallest absolute Gasteiger partial charge is 0.137 e. The highest BCUT2D eigenvalue weighted by atomic mass is 19.1. The molecule has 20 heavy (non-hydrogen) atoms. The fourth-order valence-electron chi connectivity index (χ4n) is 1.76. The van der Waals surface area contributed by atoms with E-state index in [1.165, 1.54) is 12.1 Å². The Morgan fingerprint density at radius 2 is 2.05 bits per heavy atom. The molecular weight excluding hydrogens is 257 g/mol. The summed E-state index contributed by atoms with van der Waals surface area (Å²) >= 11 is 0. The first-order valence-electron chi connectivity index (χ1n) is 6.95. The molecule has 0 aliphatic carbocycles. The van der Waals surface area contributed by atoms with Crippen LogP contribution in [0.25, 0.3) is 0 Å². The summed E-state index contributed by atoms with van der Waals surface area (Å²) in [6.07, 6.45) is 0.399. The fraction of sp³-hybridized carbons (Fsp3) is 0.500. The highest BCUT2D eigenvalue weighted by molar-refractivity contribution is 5.46. The van der Waals surface area contributed by atoms with Crippen LogP contribution in [0.3, 0.4) is 0 Å². The molecule has 0 saturated heterocycles. The first-order chi connectivity index (χ1) is 9.71. The molecule has 0 aliphatic heterocycles. The third-order valence-corrected chi connectivity index (χ3v) is 2.96. The molecule has 3 nitrogen and oxygen atoms in total. The number of aliphatic hydroxyl groups excluding tert-OH is 1. The van der Waals surface area contributed by atoms with Gasteiger partial charge in [-0.05, 0) is 25.2 Å². The summed E-state index contributed by atoms with van der Waals surface area (Å²) in [7, 11) is 0. The third kappa shape index (κ3) is 5.60. The molecule has 1 rings (SSSR count). The van der Waals surface area contributed by atoms with Crippen molar-refractivity contribution < 1.29 is 14.2 Å². The van der Waals surface area contributed by atoms with Gasteiger partial charge in [0, 0.05) is 19.0 Å². The molecule has 0 atom stereocenters. The Labute approximate surface area is 120 Å². The van der Waals surface area contributed by atoms with Crippen LogP contribution in [-0.4, -0.2) is 42.9 Å². The molecule has 0 unspecified atom stereocenters. The summed E-state index contributed by atoms with van der Waals surface area (Å²) in [6.45, 7) is 7.44. The van der Waals surface area contributed by atoms with Gasteiger partial charge in [-0.2, -0.15) is 0 Å². The lowest BCUT2D eigenvalue weighted by atomic mass is 10.2. The first-order valence-corrected chi connectivity index (χ1v) is 6.95. The van der Waals surface area contributed by atoms with E-state index in [0.29, 0.717) is 24.3 Å². The van der Waals surface area contributed by atoms with Crippen LogP contribution in [0.5, 0.6) is 5.75 Å². The second-order valence-electron chi connectivity index (χ2n) is 4.29. The van der Waals surface area contributed by atoms with Crippen molar-refractivity contribution in [1.82, 2.24) is 4.90 Å². The van der Waals surface area contributed by atoms with Gasteiger partial charge in [0.05, 0.1) is 12.2 Å². The summed E-state index contributed by atoms with van der Waals surface area (Å²) in [5, 5.41) is 8.72. The van der Waals surface area contributed by atoms with Crippen LogP contribution in [-0.2, 0) is 0 Å². The van der Waals surface area contributed by atoms with Crippen molar-refractivity contribution in [1.29, 1.82) is 0 Å². The number of ether oxygens (including phenoxy) is 1. The zero-order valence-electron chi connectivity index (χ0n) is 12.2. The van der Waals surface area contributed by atoms with Crippen molar-refractivity contribution >= 4 is 0 Å². The first kappa shape index (κ1) is 16.5. The number of hydrogen-bond acceptors (Lipinski definition) is 3. The minimum absolute atomic E-state index is 0.0202. The normalized spacial score (nSPS) is 10.2. The Kier molecular flexibility index (Phi) is 7.71. The molecule has 0 amide bonds. The van der Waals surface area contributed by atoms with Crippen molar-refractivity contribution in [3.05, 3.63) is 29.6 Å². The van der Waals surface area contributed by atoms with Gasteiger partial charge in [-0.1, -0.05) is 25.7 Å². The summed E-state index contributed by atoms with van der Waals surface area (Å²) in [5.41, 5.74) is 0.652. The zero-order valence-corrected chi connectivity index (χ0v) is 12.2. The lowest BCUT2D eigenvalue weighted by molar-refractivity contribution is 0.222. The quantitative estimate of drug-likeness (QED) is 0.777. The van der Waals surface area contributed by atoms with Crippen LogP contribution < -0.4 is 4.74 Å². The largest absolute Gasteiger partial charge is 0.491 e. The second kappa shape index (κ2) is 9.35. The van der Waals surface area contributed by atoms with Crippen molar-refractivity contribution in [3.63, 3.8) is 0 Å². The van der Waals surface area contributed by atoms with Crippen molar-refractivity contribution in [2.75, 3.05) is 32.8 Å². The van der Waals surface area contributed by atoms with Gasteiger partial charge >= 0.3 is 0 Å². The molecule has 0 bridgehead atoms. The number of likely N-dealkylation sites (N-methyl/N-ethyl adjacent to an activating group) is 1. The van der Waals surface area contributed by atoms with Gasteiger partial charge in [-0.3, -0.25) is 0 Å². The van der Waals surface area contributed by atoms with Gasteiger partial charge in [0.1, 0.15) is 18.2 Å². The Morgan fingerprint density at radius 1 is 1.30 bits per heavy atom. The standard InChI is InChI=1S/C16H22FNO2/c1-3-18(4-2)10-12-20-16-13-15(17)9-8-14(16)7-5-6-11-19/h8-9,13,19H,3-4,6,10-12H2,1-2H3. The Morgan fingerprint density at radius 3 is 2.70 bits per heavy atom. The Hall–Kier alpha value is -1.57. The van der Waals surface area contributed by atoms with Crippen molar-refractivity contribution in [2.45, 2.75) is 20.3 Å². The predicted molar refractivity (Wildman–Crippen MR) is 78.3 cm³/mol. The number of rotatable bonds is 7. The summed E-state index contributed by atoms with van der Waals surface area (Å²) < 4.78 is 18.9. The average molecular weight is 279 g/mol. The molecular formula is C16H22FNO2. The van der Waals surface area contributed by atoms with E-state index in [9.17, 15) is 4.39 Å². The van der Waals surface area contributed by atoms with E-state index in [1.807, 2.05) is 0 Å². The average Bonchev–Trinajstić information content (AvgIpc) is 2.46. The van der Waals surface area contributed by atoms with Crippen LogP contribution >= 0.6 is 0 Å². The summed E-state index contributed by atoms with van der Waals surface area (Å²) in [5.74, 6) is 5.84. The van der Waals surface area contributed by atoms with Gasteiger partial charge in [0.25, 0.3) is 0 Å². The maximum Gasteiger partial charge on any atom is 0.137 e. The second-order valence-corrected chi connectivity index (χ2v) is 4.29. The van der Waals surface area contributed by atoms with Crippen LogP contribution in [0.15, 0.2) is 18.2 Å². The molecule has 0 aromatic heterocycles. The van der Waals surface area contributed by atoms with E-state index in [2.05, 4.69) is 30.6 Å². The van der Waals surface area contributed by atoms with Crippen LogP contribution in [0.1, 0.15) is 25.8 Å². The Balaban J connectivity index is 2.68. The number of benzene rings is 1. The summed E-state index contributed by atoms with van der Waals surface area (Å²) in [6, 6.07) is 4.32. The lowest BCUT2D eigenvalue weighted by Gasteiger charge is -2.18. The third-order valence-electron chi connectivity index (χ3n) is 2.96. The van der Waals surface area contributed by atoms with Crippen LogP contribution in [0.4, 0.5) is 4.39 Å². The van der Waals surface area contributed by atoms with Gasteiger partial charge in [-0.25, -0.2) is 4.39 Å². The van der Waals surface area contributed by atoms with Crippen molar-refractivity contribution in [3.8, 4) is 17.6 Å². The predicted octanol–water partition coefficient (Wildman–Crippen LogP) is 2.28. The Bertz CT molecular complexity index is 461. The molecule has 0 spiro atoms. The van der Waals surface area contributed by atoms with E-state index in [4.69, 9.17) is 9.84 Å². The number of aliphatic hydroxyl groups is 1. The molecule has 0 radical (unpaired) electrons. The number of nitrogens with zero attached hydrogens (tertiary/aromatic N) is 1. The van der Waals surface area contributed by atoms with Gasteiger partial charge in [0.2, 0.25) is 0 Å². The maximum absolute atomic E-state index is 13.3. The van der Waals surface area contributed by atoms with E-state index < -0.39 is 0 Å². The molecule has 1 aromatic carbocycles. The van der Waals surface area contributed by atoms with E-state index in [1.54, 1.807) is 6.07 Å². The molecule has 110 valence electrons. The molecule has 1 aromatic rings. The van der Waals surface area contributed by atoms with Gasteiger partial charge < -0.3 is 14.7 Å². The SMILES string of the molecule is CCN(CC)CCOc1cc(F)ccc1C#CCCO. The lowest BCUT2D eigenvalue weighted by Crippen LogP contribution is -2.28. The minimum atomic E-state index is -0.337. The molecule has 0 heterocycles. The van der Waals surface area contributed by atoms with Gasteiger partial charge in [0.15, 0.2) is 0 Å². The highest BCUT2D eigenvalue weighted by Crippen LogP contribution is 2.19. The molecule has 4 heteroatoms. The molecule has 0 fully saturated rings. The topological polar surface area (TPSA) is 32.7 Å². The number of hydrogen-bond donors (Lipinski definition) is 1. The van der Waals surface area contributed by atoms with Crippen LogP contribution in [0.2, 0.25) is 0 Å². The number of halogens is 1. The molecule has 1 N–H and O–H groups in total. The monoisotopic (exact) mass is 279 g/mol. The van der Waals surface area contributed by atoms with Gasteiger partial charge in [-0.15, -0.1) is 0 Å². The zero-order chi connectivity index (χ0) is 14.8. The highest BCUT2D eigenvalue weighted by Gasteiger charge is 2.05.